The summed E-state index contributed by atoms with van der Waals surface area (Å²) in [6.45, 7) is 1.96. The lowest BCUT2D eigenvalue weighted by atomic mass is 10.1. The zero-order valence-corrected chi connectivity index (χ0v) is 15.2. The van der Waals surface area contributed by atoms with Crippen LogP contribution in [0, 0.1) is 0 Å². The Bertz CT molecular complexity index is 585. The van der Waals surface area contributed by atoms with E-state index in [0.29, 0.717) is 5.02 Å². The number of hydrogen-bond acceptors (Lipinski definition) is 4. The van der Waals surface area contributed by atoms with Crippen molar-refractivity contribution in [2.45, 2.75) is 22.9 Å². The molecule has 1 aromatic heterocycles. The van der Waals surface area contributed by atoms with Gasteiger partial charge in [0.25, 0.3) is 0 Å². The third-order valence-corrected chi connectivity index (χ3v) is 6.34. The van der Waals surface area contributed by atoms with E-state index in [1.54, 1.807) is 24.3 Å². The average Bonchev–Trinajstić information content (AvgIpc) is 2.99. The van der Waals surface area contributed by atoms with Crippen molar-refractivity contribution in [1.82, 2.24) is 9.55 Å². The fourth-order valence-corrected chi connectivity index (χ4v) is 3.76. The molecule has 3 atom stereocenters. The Morgan fingerprint density at radius 1 is 1.38 bits per heavy atom. The summed E-state index contributed by atoms with van der Waals surface area (Å²) in [6, 6.07) is 7.65. The fraction of sp³-hybridized carbons (Fsp3) is 0.286. The molecule has 21 heavy (non-hydrogen) atoms. The van der Waals surface area contributed by atoms with E-state index in [1.165, 1.54) is 0 Å². The highest BCUT2D eigenvalue weighted by molar-refractivity contribution is 8.24. The second kappa shape index (κ2) is 7.88. The Kier molecular flexibility index (Phi) is 6.44. The highest BCUT2D eigenvalue weighted by Gasteiger charge is 2.25. The largest absolute Gasteiger partial charge is 0.319 e. The summed E-state index contributed by atoms with van der Waals surface area (Å²) in [7, 11) is 0. The Labute approximate surface area is 149 Å². The van der Waals surface area contributed by atoms with E-state index in [2.05, 4.69) is 17.6 Å². The van der Waals surface area contributed by atoms with Crippen LogP contribution in [0.3, 0.4) is 0 Å². The third kappa shape index (κ3) is 4.63. The molecule has 0 saturated carbocycles. The summed E-state index contributed by atoms with van der Waals surface area (Å²) in [5, 5.41) is 0.674. The number of hydrogen-bond donors (Lipinski definition) is 1. The summed E-state index contributed by atoms with van der Waals surface area (Å²) in [6.07, 6.45) is 5.25. The summed E-state index contributed by atoms with van der Waals surface area (Å²) >= 11 is 23.9. The average molecular weight is 377 g/mol. The van der Waals surface area contributed by atoms with Crippen molar-refractivity contribution < 1.29 is 0 Å². The standard InChI is InChI=1S/C14H14Cl2N2S3/c1-9(19)14(20)21-12(10-2-4-11(15)5-3-10)13(16)18-7-6-17-8-18/h2-9,12-13,19H,1H3. The Morgan fingerprint density at radius 3 is 2.57 bits per heavy atom. The first kappa shape index (κ1) is 17.2. The topological polar surface area (TPSA) is 17.8 Å². The van der Waals surface area contributed by atoms with Crippen LogP contribution in [0.15, 0.2) is 43.0 Å². The zero-order valence-electron chi connectivity index (χ0n) is 11.2. The lowest BCUT2D eigenvalue weighted by Gasteiger charge is -2.24. The molecule has 0 aliphatic heterocycles. The Morgan fingerprint density at radius 2 is 2.05 bits per heavy atom. The molecular formula is C14H14Cl2N2S3. The van der Waals surface area contributed by atoms with Gasteiger partial charge in [-0.15, -0.1) is 11.8 Å². The summed E-state index contributed by atoms with van der Waals surface area (Å²) < 4.78 is 2.67. The number of aromatic nitrogens is 2. The number of halogens is 2. The van der Waals surface area contributed by atoms with Crippen molar-refractivity contribution in [3.8, 4) is 0 Å². The Balaban J connectivity index is 2.29. The molecule has 3 unspecified atom stereocenters. The number of nitrogens with zero attached hydrogens (tertiary/aromatic N) is 2. The van der Waals surface area contributed by atoms with Crippen LogP contribution >= 0.6 is 59.8 Å². The second-order valence-corrected chi connectivity index (χ2v) is 8.01. The van der Waals surface area contributed by atoms with Gasteiger partial charge in [-0.05, 0) is 24.6 Å². The third-order valence-electron chi connectivity index (χ3n) is 2.84. The number of benzene rings is 1. The molecule has 0 radical (unpaired) electrons. The van der Waals surface area contributed by atoms with E-state index in [-0.39, 0.29) is 16.0 Å². The van der Waals surface area contributed by atoms with Crippen molar-refractivity contribution >= 4 is 64.0 Å². The van der Waals surface area contributed by atoms with Gasteiger partial charge >= 0.3 is 0 Å². The molecule has 0 amide bonds. The molecule has 0 saturated heterocycles. The van der Waals surface area contributed by atoms with Crippen LogP contribution in [0.25, 0.3) is 0 Å². The molecule has 2 aromatic rings. The number of imidazole rings is 1. The van der Waals surface area contributed by atoms with Crippen LogP contribution in [0.4, 0.5) is 0 Å². The zero-order chi connectivity index (χ0) is 15.4. The molecule has 0 N–H and O–H groups in total. The predicted molar refractivity (Wildman–Crippen MR) is 99.9 cm³/mol. The van der Waals surface area contributed by atoms with Crippen molar-refractivity contribution in [2.24, 2.45) is 0 Å². The van der Waals surface area contributed by atoms with Crippen LogP contribution in [0.5, 0.6) is 0 Å². The molecule has 0 aliphatic rings. The van der Waals surface area contributed by atoms with E-state index in [4.69, 9.17) is 35.4 Å². The maximum Gasteiger partial charge on any atom is 0.125 e. The molecule has 1 heterocycles. The molecule has 2 nitrogen and oxygen atoms in total. The lowest BCUT2D eigenvalue weighted by Crippen LogP contribution is -2.13. The fourth-order valence-electron chi connectivity index (χ4n) is 1.73. The van der Waals surface area contributed by atoms with Gasteiger partial charge in [-0.2, -0.15) is 12.6 Å². The van der Waals surface area contributed by atoms with Gasteiger partial charge in [0.15, 0.2) is 0 Å². The van der Waals surface area contributed by atoms with E-state index < -0.39 is 0 Å². The minimum Gasteiger partial charge on any atom is -0.319 e. The Hall–Kier alpha value is -0.200. The van der Waals surface area contributed by atoms with Crippen molar-refractivity contribution in [3.05, 3.63) is 53.6 Å². The maximum absolute atomic E-state index is 6.62. The van der Waals surface area contributed by atoms with Gasteiger partial charge in [0.1, 0.15) is 5.50 Å². The van der Waals surface area contributed by atoms with E-state index in [0.717, 1.165) is 9.76 Å². The summed E-state index contributed by atoms with van der Waals surface area (Å²) in [5.74, 6) is 0. The van der Waals surface area contributed by atoms with Gasteiger partial charge in [0.2, 0.25) is 0 Å². The quantitative estimate of drug-likeness (QED) is 0.428. The predicted octanol–water partition coefficient (Wildman–Crippen LogP) is 5.39. The molecule has 112 valence electrons. The van der Waals surface area contributed by atoms with Crippen molar-refractivity contribution in [3.63, 3.8) is 0 Å². The molecule has 0 spiro atoms. The molecule has 0 fully saturated rings. The van der Waals surface area contributed by atoms with Gasteiger partial charge < -0.3 is 4.57 Å². The minimum atomic E-state index is -0.302. The smallest absolute Gasteiger partial charge is 0.125 e. The van der Waals surface area contributed by atoms with Gasteiger partial charge in [-0.25, -0.2) is 4.98 Å². The molecule has 0 bridgehead atoms. The van der Waals surface area contributed by atoms with Crippen LogP contribution < -0.4 is 0 Å². The second-order valence-electron chi connectivity index (χ2n) is 4.47. The van der Waals surface area contributed by atoms with E-state index in [1.807, 2.05) is 42.0 Å². The number of rotatable bonds is 5. The normalized spacial score (nSPS) is 15.4. The molecule has 2 rings (SSSR count). The first-order valence-corrected chi connectivity index (χ1v) is 8.86. The molecule has 0 aliphatic carbocycles. The van der Waals surface area contributed by atoms with Crippen LogP contribution in [-0.2, 0) is 0 Å². The SMILES string of the molecule is CC(S)C(=S)SC(c1ccc(Cl)cc1)C(Cl)n1ccnc1. The molecular weight excluding hydrogens is 363 g/mol. The number of thiocarbonyl (C=S) groups is 1. The maximum atomic E-state index is 6.62. The van der Waals surface area contributed by atoms with E-state index >= 15 is 0 Å². The van der Waals surface area contributed by atoms with Crippen LogP contribution in [0.1, 0.15) is 23.2 Å². The highest BCUT2D eigenvalue weighted by atomic mass is 35.5. The van der Waals surface area contributed by atoms with Crippen molar-refractivity contribution in [1.29, 1.82) is 0 Å². The van der Waals surface area contributed by atoms with E-state index in [9.17, 15) is 0 Å². The summed E-state index contributed by atoms with van der Waals surface area (Å²) in [4.78, 5) is 4.05. The number of alkyl halides is 1. The monoisotopic (exact) mass is 376 g/mol. The van der Waals surface area contributed by atoms with Gasteiger partial charge in [0, 0.05) is 22.7 Å². The molecule has 7 heteroatoms. The van der Waals surface area contributed by atoms with Gasteiger partial charge in [0.05, 0.1) is 15.8 Å². The van der Waals surface area contributed by atoms with Gasteiger partial charge in [-0.1, -0.05) is 47.6 Å². The summed E-state index contributed by atoms with van der Waals surface area (Å²) in [5.41, 5.74) is 0.762. The number of thiol groups is 1. The minimum absolute atomic E-state index is 0.0199. The van der Waals surface area contributed by atoms with Gasteiger partial charge in [-0.3, -0.25) is 0 Å². The van der Waals surface area contributed by atoms with Crippen LogP contribution in [0.2, 0.25) is 5.02 Å². The van der Waals surface area contributed by atoms with Crippen LogP contribution in [-0.4, -0.2) is 19.0 Å². The first-order valence-electron chi connectivity index (χ1n) is 6.24. The lowest BCUT2D eigenvalue weighted by molar-refractivity contribution is 0.653. The van der Waals surface area contributed by atoms with Crippen molar-refractivity contribution in [2.75, 3.05) is 0 Å². The first-order chi connectivity index (χ1) is 9.99. The highest BCUT2D eigenvalue weighted by Crippen LogP contribution is 2.43. The number of thioether (sulfide) groups is 1. The molecule has 1 aromatic carbocycles.